The molecule has 1 amide bonds. The number of amides is 1. The van der Waals surface area contributed by atoms with Gasteiger partial charge < -0.3 is 9.73 Å². The molecule has 1 heterocycles. The van der Waals surface area contributed by atoms with Gasteiger partial charge in [-0.15, -0.1) is 0 Å². The van der Waals surface area contributed by atoms with E-state index in [4.69, 9.17) is 4.42 Å². The first kappa shape index (κ1) is 20.8. The summed E-state index contributed by atoms with van der Waals surface area (Å²) in [4.78, 5) is 12.7. The molecule has 3 rings (SSSR count). The van der Waals surface area contributed by atoms with Gasteiger partial charge in [0.15, 0.2) is 0 Å². The van der Waals surface area contributed by atoms with Crippen molar-refractivity contribution in [2.45, 2.75) is 38.3 Å². The number of furan rings is 1. The number of hydrogen-bond acceptors (Lipinski definition) is 4. The van der Waals surface area contributed by atoms with Gasteiger partial charge >= 0.3 is 0 Å². The second-order valence-corrected chi connectivity index (χ2v) is 8.67. The van der Waals surface area contributed by atoms with Crippen LogP contribution >= 0.6 is 0 Å². The lowest BCUT2D eigenvalue weighted by Crippen LogP contribution is -2.27. The van der Waals surface area contributed by atoms with Gasteiger partial charge in [0.1, 0.15) is 11.5 Å². The predicted molar refractivity (Wildman–Crippen MR) is 111 cm³/mol. The van der Waals surface area contributed by atoms with Crippen molar-refractivity contribution in [1.29, 1.82) is 0 Å². The highest BCUT2D eigenvalue weighted by Gasteiger charge is 2.19. The number of benzene rings is 2. The minimum Gasteiger partial charge on any atom is -0.466 e. The lowest BCUT2D eigenvalue weighted by Gasteiger charge is -2.14. The fraction of sp³-hybridized carbons (Fsp3) is 0.227. The SMILES string of the molecule is Cc1cc(C(C)NC(=O)c2cccc(S(=O)(=O)NCc3ccccc3)c2)c(C)o1. The van der Waals surface area contributed by atoms with Crippen LogP contribution in [-0.4, -0.2) is 14.3 Å². The van der Waals surface area contributed by atoms with Crippen molar-refractivity contribution >= 4 is 15.9 Å². The molecule has 2 N–H and O–H groups in total. The molecule has 152 valence electrons. The largest absolute Gasteiger partial charge is 0.466 e. The van der Waals surface area contributed by atoms with E-state index in [0.717, 1.165) is 22.6 Å². The van der Waals surface area contributed by atoms with E-state index in [1.165, 1.54) is 12.1 Å². The van der Waals surface area contributed by atoms with Crippen LogP contribution in [0.3, 0.4) is 0 Å². The molecule has 0 radical (unpaired) electrons. The number of carbonyl (C=O) groups excluding carboxylic acids is 1. The standard InChI is InChI=1S/C22H24N2O4S/c1-15-12-21(17(3)28-15)16(2)24-22(25)19-10-7-11-20(13-19)29(26,27)23-14-18-8-5-4-6-9-18/h4-13,16,23H,14H2,1-3H3,(H,24,25). The third-order valence-electron chi connectivity index (χ3n) is 4.61. The van der Waals surface area contributed by atoms with Crippen molar-refractivity contribution < 1.29 is 17.6 Å². The van der Waals surface area contributed by atoms with Gasteiger partial charge in [0, 0.05) is 17.7 Å². The molecule has 0 aliphatic rings. The molecule has 6 nitrogen and oxygen atoms in total. The highest BCUT2D eigenvalue weighted by Crippen LogP contribution is 2.22. The summed E-state index contributed by atoms with van der Waals surface area (Å²) in [5.74, 6) is 1.17. The molecule has 3 aromatic rings. The summed E-state index contributed by atoms with van der Waals surface area (Å²) < 4.78 is 33.3. The van der Waals surface area contributed by atoms with Gasteiger partial charge in [0.2, 0.25) is 10.0 Å². The number of sulfonamides is 1. The lowest BCUT2D eigenvalue weighted by molar-refractivity contribution is 0.0939. The van der Waals surface area contributed by atoms with Gasteiger partial charge in [-0.3, -0.25) is 4.79 Å². The van der Waals surface area contributed by atoms with Gasteiger partial charge in [0.25, 0.3) is 5.91 Å². The maximum Gasteiger partial charge on any atom is 0.251 e. The van der Waals surface area contributed by atoms with E-state index < -0.39 is 10.0 Å². The molecule has 0 spiro atoms. The molecule has 0 bridgehead atoms. The summed E-state index contributed by atoms with van der Waals surface area (Å²) in [7, 11) is -3.74. The zero-order chi connectivity index (χ0) is 21.0. The highest BCUT2D eigenvalue weighted by atomic mass is 32.2. The van der Waals surface area contributed by atoms with Crippen molar-refractivity contribution in [3.8, 4) is 0 Å². The minimum atomic E-state index is -3.74. The van der Waals surface area contributed by atoms with Gasteiger partial charge in [-0.1, -0.05) is 36.4 Å². The summed E-state index contributed by atoms with van der Waals surface area (Å²) in [6.07, 6.45) is 0. The number of hydrogen-bond donors (Lipinski definition) is 2. The number of rotatable bonds is 7. The monoisotopic (exact) mass is 412 g/mol. The van der Waals surface area contributed by atoms with Gasteiger partial charge in [-0.25, -0.2) is 13.1 Å². The van der Waals surface area contributed by atoms with Crippen LogP contribution in [0, 0.1) is 13.8 Å². The Morgan fingerprint density at radius 1 is 1.03 bits per heavy atom. The van der Waals surface area contributed by atoms with Gasteiger partial charge in [-0.2, -0.15) is 0 Å². The average molecular weight is 413 g/mol. The Hall–Kier alpha value is -2.90. The molecule has 2 aromatic carbocycles. The first-order chi connectivity index (χ1) is 13.8. The van der Waals surface area contributed by atoms with E-state index in [2.05, 4.69) is 10.0 Å². The van der Waals surface area contributed by atoms with Crippen molar-refractivity contribution in [3.63, 3.8) is 0 Å². The first-order valence-electron chi connectivity index (χ1n) is 9.28. The van der Waals surface area contributed by atoms with Crippen LogP contribution in [0.5, 0.6) is 0 Å². The topological polar surface area (TPSA) is 88.4 Å². The predicted octanol–water partition coefficient (Wildman–Crippen LogP) is 3.87. The number of nitrogens with one attached hydrogen (secondary N) is 2. The Kier molecular flexibility index (Phi) is 6.20. The Balaban J connectivity index is 1.72. The van der Waals surface area contributed by atoms with Crippen LogP contribution in [0.2, 0.25) is 0 Å². The Morgan fingerprint density at radius 3 is 2.41 bits per heavy atom. The molecular formula is C22H24N2O4S. The molecule has 0 aliphatic heterocycles. The smallest absolute Gasteiger partial charge is 0.251 e. The Labute approximate surface area is 171 Å². The van der Waals surface area contributed by atoms with Crippen LogP contribution in [0.4, 0.5) is 0 Å². The molecule has 1 unspecified atom stereocenters. The molecule has 0 saturated carbocycles. The van der Waals surface area contributed by atoms with Crippen molar-refractivity contribution in [2.24, 2.45) is 0 Å². The van der Waals surface area contributed by atoms with E-state index >= 15 is 0 Å². The van der Waals surface area contributed by atoms with Crippen LogP contribution in [0.15, 0.2) is 70.0 Å². The third kappa shape index (κ3) is 5.13. The summed E-state index contributed by atoms with van der Waals surface area (Å²) in [5.41, 5.74) is 2.02. The summed E-state index contributed by atoms with van der Waals surface area (Å²) in [5, 5.41) is 2.89. The van der Waals surface area contributed by atoms with Crippen LogP contribution in [0.1, 0.15) is 46.0 Å². The maximum absolute atomic E-state index is 12.6. The summed E-state index contributed by atoms with van der Waals surface area (Å²) in [6, 6.07) is 16.9. The van der Waals surface area contributed by atoms with E-state index in [1.807, 2.05) is 57.2 Å². The molecule has 1 aromatic heterocycles. The normalized spacial score (nSPS) is 12.5. The quantitative estimate of drug-likeness (QED) is 0.617. The second kappa shape index (κ2) is 8.63. The molecule has 29 heavy (non-hydrogen) atoms. The Morgan fingerprint density at radius 2 is 1.76 bits per heavy atom. The van der Waals surface area contributed by atoms with Gasteiger partial charge in [-0.05, 0) is 50.6 Å². The zero-order valence-corrected chi connectivity index (χ0v) is 17.4. The number of aryl methyl sites for hydroxylation is 2. The average Bonchev–Trinajstić information content (AvgIpc) is 3.05. The van der Waals surface area contributed by atoms with Crippen LogP contribution in [-0.2, 0) is 16.6 Å². The lowest BCUT2D eigenvalue weighted by atomic mass is 10.1. The third-order valence-corrected chi connectivity index (χ3v) is 6.01. The Bertz CT molecular complexity index is 1100. The second-order valence-electron chi connectivity index (χ2n) is 6.90. The van der Waals surface area contributed by atoms with Gasteiger partial charge in [0.05, 0.1) is 10.9 Å². The van der Waals surface area contributed by atoms with Crippen molar-refractivity contribution in [1.82, 2.24) is 10.0 Å². The summed E-state index contributed by atoms with van der Waals surface area (Å²) >= 11 is 0. The zero-order valence-electron chi connectivity index (χ0n) is 16.6. The van der Waals surface area contributed by atoms with Crippen LogP contribution in [0.25, 0.3) is 0 Å². The van der Waals surface area contributed by atoms with E-state index in [0.29, 0.717) is 0 Å². The fourth-order valence-electron chi connectivity index (χ4n) is 3.10. The minimum absolute atomic E-state index is 0.0454. The first-order valence-corrected chi connectivity index (χ1v) is 10.8. The molecule has 0 saturated heterocycles. The highest BCUT2D eigenvalue weighted by molar-refractivity contribution is 7.89. The molecule has 0 fully saturated rings. The maximum atomic E-state index is 12.6. The van der Waals surface area contributed by atoms with E-state index in [1.54, 1.807) is 12.1 Å². The van der Waals surface area contributed by atoms with E-state index in [-0.39, 0.29) is 29.0 Å². The van der Waals surface area contributed by atoms with Crippen molar-refractivity contribution in [3.05, 3.63) is 88.9 Å². The molecule has 0 aliphatic carbocycles. The fourth-order valence-corrected chi connectivity index (χ4v) is 4.16. The summed E-state index contributed by atoms with van der Waals surface area (Å²) in [6.45, 7) is 5.73. The molecule has 7 heteroatoms. The molecule has 1 atom stereocenters. The molecular weight excluding hydrogens is 388 g/mol. The number of carbonyl (C=O) groups is 1. The van der Waals surface area contributed by atoms with E-state index in [9.17, 15) is 13.2 Å². The van der Waals surface area contributed by atoms with Crippen LogP contribution < -0.4 is 10.0 Å². The van der Waals surface area contributed by atoms with Crippen molar-refractivity contribution in [2.75, 3.05) is 0 Å².